The van der Waals surface area contributed by atoms with Crippen molar-refractivity contribution in [2.75, 3.05) is 0 Å². The van der Waals surface area contributed by atoms with E-state index >= 15 is 0 Å². The van der Waals surface area contributed by atoms with Crippen LogP contribution in [0.2, 0.25) is 13.1 Å². The van der Waals surface area contributed by atoms with Gasteiger partial charge in [0.25, 0.3) is 0 Å². The Hall–Kier alpha value is -0.451. The van der Waals surface area contributed by atoms with Crippen molar-refractivity contribution in [3.05, 3.63) is 0 Å². The van der Waals surface area contributed by atoms with Gasteiger partial charge in [-0.05, 0) is 13.8 Å². The number of hydrogen-bond acceptors (Lipinski definition) is 1. The van der Waals surface area contributed by atoms with E-state index in [1.807, 2.05) is 0 Å². The van der Waals surface area contributed by atoms with Gasteiger partial charge in [0.15, 0.2) is 0 Å². The van der Waals surface area contributed by atoms with Gasteiger partial charge in [-0.15, -0.1) is 0 Å². The Morgan fingerprint density at radius 1 is 1.09 bits per heavy atom. The molecule has 0 heterocycles. The van der Waals surface area contributed by atoms with Crippen molar-refractivity contribution in [1.82, 2.24) is 0 Å². The summed E-state index contributed by atoms with van der Waals surface area (Å²) in [5, 5.41) is 0. The SMILES string of the molecule is C.C.CC(C)=O.C[Si]C.[Re].[Rf]. The van der Waals surface area contributed by atoms with E-state index in [9.17, 15) is 4.79 Å². The molecule has 11 heavy (non-hydrogen) atoms. The maximum Gasteiger partial charge on any atom is 0.126 e. The van der Waals surface area contributed by atoms with Crippen molar-refractivity contribution >= 4 is 15.3 Å². The van der Waals surface area contributed by atoms with Crippen LogP contribution in [0.15, 0.2) is 0 Å². The van der Waals surface area contributed by atoms with Crippen molar-refractivity contribution in [3.63, 3.8) is 0 Å². The van der Waals surface area contributed by atoms with Gasteiger partial charge in [0.05, 0.1) is 0 Å². The molecule has 0 N–H and O–H groups in total. The van der Waals surface area contributed by atoms with E-state index in [1.165, 1.54) is 13.8 Å². The van der Waals surface area contributed by atoms with Crippen LogP contribution in [-0.4, -0.2) is 15.3 Å². The van der Waals surface area contributed by atoms with E-state index in [-0.39, 0.29) is 41.1 Å². The molecule has 0 saturated heterocycles. The van der Waals surface area contributed by atoms with Gasteiger partial charge in [0.1, 0.15) is 5.78 Å². The third-order valence-electron chi connectivity index (χ3n) is 0. The summed E-state index contributed by atoms with van der Waals surface area (Å²) < 4.78 is 0. The Balaban J connectivity index is -0.00000000848. The van der Waals surface area contributed by atoms with Crippen LogP contribution in [-0.2, 0) is 25.2 Å². The Morgan fingerprint density at radius 3 is 1.09 bits per heavy atom. The fourth-order valence-corrected chi connectivity index (χ4v) is 0. The Morgan fingerprint density at radius 2 is 1.09 bits per heavy atom. The maximum atomic E-state index is 9.44. The van der Waals surface area contributed by atoms with Crippen LogP contribution in [0.25, 0.3) is 0 Å². The molecule has 0 aromatic rings. The molecule has 0 saturated carbocycles. The molecule has 0 spiro atoms. The summed E-state index contributed by atoms with van der Waals surface area (Å²) in [5.41, 5.74) is 0. The molecule has 67 valence electrons. The van der Waals surface area contributed by atoms with E-state index in [4.69, 9.17) is 0 Å². The number of carbonyl (C=O) groups excluding carboxylic acids is 1. The first-order valence-electron chi connectivity index (χ1n) is 2.20. The zero-order valence-corrected chi connectivity index (χ0v) is 16.6. The first-order chi connectivity index (χ1) is 3.15. The molecular formula is C7H20OReRfSi. The van der Waals surface area contributed by atoms with Crippen LogP contribution >= 0.6 is 0 Å². The number of Topliss-reactive ketones (excluding diaryl/α,β-unsaturated/α-hetero) is 1. The Labute approximate surface area is 82.5 Å². The van der Waals surface area contributed by atoms with E-state index in [0.29, 0.717) is 0 Å². The van der Waals surface area contributed by atoms with Crippen LogP contribution < -0.4 is 0 Å². The largest absolute Gasteiger partial charge is 0.300 e. The Bertz CT molecular complexity index is 49.7. The molecule has 0 unspecified atom stereocenters. The topological polar surface area (TPSA) is 17.1 Å². The zero-order chi connectivity index (χ0) is 6.28. The van der Waals surface area contributed by atoms with E-state index in [0.717, 1.165) is 9.52 Å². The maximum absolute atomic E-state index is 9.44. The van der Waals surface area contributed by atoms with Gasteiger partial charge in [0, 0.05) is 29.9 Å². The average Bonchev–Trinajstić information content (AvgIpc) is 1.33. The molecule has 0 aliphatic rings. The summed E-state index contributed by atoms with van der Waals surface area (Å²) in [4.78, 5) is 9.44. The monoisotopic (exact) mass is 602 g/mol. The van der Waals surface area contributed by atoms with E-state index in [2.05, 4.69) is 13.1 Å². The molecular weight excluding hydrogens is 581 g/mol. The quantitative estimate of drug-likeness (QED) is 0.391. The minimum atomic E-state index is 0. The second-order valence-electron chi connectivity index (χ2n) is 1.41. The zero-order valence-electron chi connectivity index (χ0n) is 6.49. The van der Waals surface area contributed by atoms with Crippen molar-refractivity contribution in [2.24, 2.45) is 0 Å². The third-order valence-corrected chi connectivity index (χ3v) is 0. The predicted molar refractivity (Wildman–Crippen MR) is 47.3 cm³/mol. The number of hydrogen-bond donors (Lipinski definition) is 0. The number of rotatable bonds is 0. The van der Waals surface area contributed by atoms with Gasteiger partial charge >= 0.3 is 0 Å². The number of ketones is 1. The standard InChI is InChI=1S/C3H6O.C2H6Si.2CH4.Re.Rf/c1-3(2)4;1-3-2;;;;/h1-2H3;1-2H3;2*1H4;;. The second-order valence-corrected chi connectivity index (χ2v) is 2.41. The fraction of sp³-hybridized carbons (Fsp3) is 0.857. The molecule has 0 aliphatic heterocycles. The minimum Gasteiger partial charge on any atom is -0.300 e. The smallest absolute Gasteiger partial charge is 0.126 e. The first-order valence-corrected chi connectivity index (χ1v) is 4.20. The van der Waals surface area contributed by atoms with Crippen molar-refractivity contribution in [3.8, 4) is 0 Å². The summed E-state index contributed by atoms with van der Waals surface area (Å²) in [6.07, 6.45) is 0. The third kappa shape index (κ3) is 2680. The normalized spacial score (nSPS) is 4.00. The van der Waals surface area contributed by atoms with Gasteiger partial charge in [-0.2, -0.15) is 0 Å². The molecule has 0 amide bonds. The molecule has 0 aliphatic carbocycles. The van der Waals surface area contributed by atoms with E-state index < -0.39 is 0 Å². The Kier molecular flexibility index (Phi) is 234. The summed E-state index contributed by atoms with van der Waals surface area (Å²) in [5.74, 6) is 0.167. The van der Waals surface area contributed by atoms with Gasteiger partial charge in [-0.1, -0.05) is 27.9 Å². The molecule has 0 fully saturated rings. The number of carbonyl (C=O) groups is 1. The van der Waals surface area contributed by atoms with Gasteiger partial charge < -0.3 is 4.79 Å². The van der Waals surface area contributed by atoms with Crippen LogP contribution in [0, 0.1) is 0 Å². The predicted octanol–water partition coefficient (Wildman–Crippen LogP) is 2.65. The summed E-state index contributed by atoms with van der Waals surface area (Å²) in [7, 11) is 1.08. The van der Waals surface area contributed by atoms with E-state index in [1.54, 1.807) is 0 Å². The van der Waals surface area contributed by atoms with Gasteiger partial charge in [-0.3, -0.25) is 0 Å². The second kappa shape index (κ2) is 55.4. The average molecular weight is 602 g/mol. The fourth-order valence-electron chi connectivity index (χ4n) is 0. The van der Waals surface area contributed by atoms with Gasteiger partial charge in [-0.25, -0.2) is 0 Å². The van der Waals surface area contributed by atoms with Crippen LogP contribution in [0.4, 0.5) is 0 Å². The first kappa shape index (κ1) is 46.5. The summed E-state index contributed by atoms with van der Waals surface area (Å²) >= 11 is 0. The molecule has 4 heteroatoms. The molecule has 1 nitrogen and oxygen atoms in total. The van der Waals surface area contributed by atoms with Crippen molar-refractivity contribution < 1.29 is 25.2 Å². The van der Waals surface area contributed by atoms with Crippen molar-refractivity contribution in [1.29, 1.82) is 0 Å². The summed E-state index contributed by atoms with van der Waals surface area (Å²) in [6, 6.07) is 0. The minimum absolute atomic E-state index is 0. The molecule has 0 rings (SSSR count). The molecule has 0 bridgehead atoms. The van der Waals surface area contributed by atoms with Crippen LogP contribution in [0.1, 0.15) is 28.7 Å². The van der Waals surface area contributed by atoms with Gasteiger partial charge in [0.2, 0.25) is 0 Å². The molecule has 3 radical (unpaired) electrons. The van der Waals surface area contributed by atoms with Crippen LogP contribution in [0.3, 0.4) is 0 Å². The summed E-state index contributed by atoms with van der Waals surface area (Å²) in [6.45, 7) is 7.36. The molecule has 0 aromatic carbocycles. The molecule has 0 aromatic heterocycles. The van der Waals surface area contributed by atoms with Crippen LogP contribution in [0.5, 0.6) is 0 Å². The van der Waals surface area contributed by atoms with Crippen molar-refractivity contribution in [2.45, 2.75) is 41.8 Å². The molecule has 0 atom stereocenters.